The van der Waals surface area contributed by atoms with Crippen LogP contribution in [0.4, 0.5) is 18.9 Å². The van der Waals surface area contributed by atoms with E-state index in [0.29, 0.717) is 0 Å². The van der Waals surface area contributed by atoms with Crippen LogP contribution in [0.5, 0.6) is 0 Å². The third-order valence-corrected chi connectivity index (χ3v) is 2.07. The van der Waals surface area contributed by atoms with Crippen LogP contribution in [0.2, 0.25) is 0 Å². The number of benzene rings is 1. The first-order chi connectivity index (χ1) is 8.92. The molecular weight excluding hydrogens is 257 g/mol. The maximum atomic E-state index is 12.3. The van der Waals surface area contributed by atoms with Crippen molar-refractivity contribution in [3.8, 4) is 18.2 Å². The van der Waals surface area contributed by atoms with Gasteiger partial charge in [0, 0.05) is 5.69 Å². The molecule has 0 aliphatic rings. The molecule has 0 aromatic heterocycles. The fraction of sp³-hybridized carbons (Fsp3) is 0.0833. The van der Waals surface area contributed by atoms with Gasteiger partial charge in [0.2, 0.25) is 0 Å². The molecule has 1 rings (SSSR count). The van der Waals surface area contributed by atoms with Gasteiger partial charge in [0.05, 0.1) is 5.56 Å². The van der Waals surface area contributed by atoms with E-state index in [4.69, 9.17) is 15.8 Å². The molecule has 0 heterocycles. The topological polar surface area (TPSA) is 83.4 Å². The fourth-order valence-corrected chi connectivity index (χ4v) is 1.17. The van der Waals surface area contributed by atoms with E-state index in [2.05, 4.69) is 5.32 Å². The molecule has 0 amide bonds. The predicted octanol–water partition coefficient (Wildman–Crippen LogP) is 2.94. The van der Waals surface area contributed by atoms with Crippen LogP contribution in [-0.4, -0.2) is 0 Å². The number of allylic oxidation sites excluding steroid dienone is 2. The molecule has 0 unspecified atom stereocenters. The summed E-state index contributed by atoms with van der Waals surface area (Å²) in [5, 5.41) is 28.3. The molecule has 0 radical (unpaired) electrons. The average Bonchev–Trinajstić information content (AvgIpc) is 2.38. The number of nitriles is 3. The Labute approximate surface area is 106 Å². The van der Waals surface area contributed by atoms with Crippen molar-refractivity contribution >= 4 is 5.69 Å². The smallest absolute Gasteiger partial charge is 0.345 e. The number of hydrogen-bond donors (Lipinski definition) is 1. The van der Waals surface area contributed by atoms with E-state index >= 15 is 0 Å². The lowest BCUT2D eigenvalue weighted by atomic mass is 10.2. The van der Waals surface area contributed by atoms with Gasteiger partial charge in [-0.05, 0) is 24.3 Å². The number of hydrogen-bond acceptors (Lipinski definition) is 4. The van der Waals surface area contributed by atoms with E-state index in [9.17, 15) is 13.2 Å². The Hall–Kier alpha value is -2.98. The van der Waals surface area contributed by atoms with E-state index in [0.717, 1.165) is 24.3 Å². The molecule has 1 N–H and O–H groups in total. The second-order valence-electron chi connectivity index (χ2n) is 3.29. The summed E-state index contributed by atoms with van der Waals surface area (Å²) >= 11 is 0. The minimum atomic E-state index is -4.45. The summed E-state index contributed by atoms with van der Waals surface area (Å²) in [5.41, 5.74) is -1.42. The number of halogens is 3. The van der Waals surface area contributed by atoms with Gasteiger partial charge in [-0.2, -0.15) is 29.0 Å². The van der Waals surface area contributed by atoms with Gasteiger partial charge in [0.25, 0.3) is 0 Å². The second-order valence-corrected chi connectivity index (χ2v) is 3.29. The van der Waals surface area contributed by atoms with Crippen LogP contribution in [0.3, 0.4) is 0 Å². The number of rotatable bonds is 2. The van der Waals surface area contributed by atoms with Gasteiger partial charge < -0.3 is 5.32 Å². The lowest BCUT2D eigenvalue weighted by Gasteiger charge is -2.08. The quantitative estimate of drug-likeness (QED) is 0.830. The minimum absolute atomic E-state index is 0.174. The minimum Gasteiger partial charge on any atom is -0.345 e. The van der Waals surface area contributed by atoms with Crippen molar-refractivity contribution in [3.05, 3.63) is 41.1 Å². The standard InChI is InChI=1S/C12H5F3N4/c13-12(14,15)9-1-3-10(4-2-9)19-11(7-18)8(5-16)6-17/h1-4,19H. The Bertz CT molecular complexity index is 605. The van der Waals surface area contributed by atoms with E-state index < -0.39 is 17.3 Å². The van der Waals surface area contributed by atoms with Gasteiger partial charge in [0.15, 0.2) is 5.57 Å². The molecule has 7 heteroatoms. The zero-order chi connectivity index (χ0) is 14.5. The molecule has 0 aliphatic heterocycles. The first kappa shape index (κ1) is 14.1. The SMILES string of the molecule is N#CC(C#N)=C(C#N)Nc1ccc(C(F)(F)F)cc1. The van der Waals surface area contributed by atoms with Gasteiger partial charge in [0.1, 0.15) is 23.9 Å². The average molecular weight is 262 g/mol. The van der Waals surface area contributed by atoms with Crippen LogP contribution in [0.15, 0.2) is 35.5 Å². The Balaban J connectivity index is 3.04. The lowest BCUT2D eigenvalue weighted by Crippen LogP contribution is -2.05. The lowest BCUT2D eigenvalue weighted by molar-refractivity contribution is -0.137. The summed E-state index contributed by atoms with van der Waals surface area (Å²) in [6, 6.07) is 8.49. The van der Waals surface area contributed by atoms with Crippen molar-refractivity contribution in [2.24, 2.45) is 0 Å². The molecule has 0 aliphatic carbocycles. The first-order valence-electron chi connectivity index (χ1n) is 4.81. The number of alkyl halides is 3. The van der Waals surface area contributed by atoms with E-state index in [1.54, 1.807) is 6.07 Å². The van der Waals surface area contributed by atoms with Crippen molar-refractivity contribution in [2.45, 2.75) is 6.18 Å². The van der Waals surface area contributed by atoms with Crippen molar-refractivity contribution in [2.75, 3.05) is 5.32 Å². The zero-order valence-electron chi connectivity index (χ0n) is 9.28. The molecule has 0 bridgehead atoms. The summed E-state index contributed by atoms with van der Waals surface area (Å²) in [5.74, 6) is 0. The highest BCUT2D eigenvalue weighted by Gasteiger charge is 2.29. The van der Waals surface area contributed by atoms with Crippen molar-refractivity contribution in [3.63, 3.8) is 0 Å². The Kier molecular flexibility index (Phi) is 4.13. The molecule has 94 valence electrons. The van der Waals surface area contributed by atoms with Gasteiger partial charge in [-0.25, -0.2) is 0 Å². The molecular formula is C12H5F3N4. The molecule has 1 aromatic carbocycles. The van der Waals surface area contributed by atoms with E-state index in [1.807, 2.05) is 0 Å². The van der Waals surface area contributed by atoms with Crippen molar-refractivity contribution < 1.29 is 13.2 Å². The molecule has 1 aromatic rings. The monoisotopic (exact) mass is 262 g/mol. The maximum Gasteiger partial charge on any atom is 0.416 e. The van der Waals surface area contributed by atoms with Crippen LogP contribution in [-0.2, 0) is 6.18 Å². The number of anilines is 1. The van der Waals surface area contributed by atoms with Crippen molar-refractivity contribution in [1.29, 1.82) is 15.8 Å². The molecule has 0 fully saturated rings. The van der Waals surface area contributed by atoms with Crippen LogP contribution in [0, 0.1) is 34.0 Å². The Morgan fingerprint density at radius 2 is 1.47 bits per heavy atom. The highest BCUT2D eigenvalue weighted by molar-refractivity contribution is 5.58. The Morgan fingerprint density at radius 3 is 1.84 bits per heavy atom. The van der Waals surface area contributed by atoms with Crippen LogP contribution < -0.4 is 5.32 Å². The third-order valence-electron chi connectivity index (χ3n) is 2.07. The molecule has 4 nitrogen and oxygen atoms in total. The molecule has 19 heavy (non-hydrogen) atoms. The Morgan fingerprint density at radius 1 is 0.947 bits per heavy atom. The summed E-state index contributed by atoms with van der Waals surface area (Å²) < 4.78 is 37.0. The van der Waals surface area contributed by atoms with Crippen LogP contribution in [0.1, 0.15) is 5.56 Å². The van der Waals surface area contributed by atoms with Crippen molar-refractivity contribution in [1.82, 2.24) is 0 Å². The zero-order valence-corrected chi connectivity index (χ0v) is 9.28. The third kappa shape index (κ3) is 3.49. The van der Waals surface area contributed by atoms with Gasteiger partial charge in [-0.1, -0.05) is 0 Å². The maximum absolute atomic E-state index is 12.3. The van der Waals surface area contributed by atoms with E-state index in [1.165, 1.54) is 12.1 Å². The molecule has 0 saturated carbocycles. The largest absolute Gasteiger partial charge is 0.416 e. The molecule has 0 atom stereocenters. The normalized spacial score (nSPS) is 9.68. The molecule has 0 saturated heterocycles. The van der Waals surface area contributed by atoms with Crippen LogP contribution in [0.25, 0.3) is 0 Å². The van der Waals surface area contributed by atoms with Gasteiger partial charge >= 0.3 is 6.18 Å². The van der Waals surface area contributed by atoms with Crippen LogP contribution >= 0.6 is 0 Å². The summed E-state index contributed by atoms with van der Waals surface area (Å²) in [7, 11) is 0. The first-order valence-corrected chi connectivity index (χ1v) is 4.81. The highest BCUT2D eigenvalue weighted by Crippen LogP contribution is 2.30. The summed E-state index contributed by atoms with van der Waals surface area (Å²) in [6.07, 6.45) is -4.45. The second kappa shape index (κ2) is 5.57. The van der Waals surface area contributed by atoms with E-state index in [-0.39, 0.29) is 11.4 Å². The fourth-order valence-electron chi connectivity index (χ4n) is 1.17. The van der Waals surface area contributed by atoms with Gasteiger partial charge in [-0.15, -0.1) is 0 Å². The number of nitrogens with one attached hydrogen (secondary N) is 1. The highest BCUT2D eigenvalue weighted by atomic mass is 19.4. The summed E-state index contributed by atoms with van der Waals surface area (Å²) in [6.45, 7) is 0. The van der Waals surface area contributed by atoms with Gasteiger partial charge in [-0.3, -0.25) is 0 Å². The summed E-state index contributed by atoms with van der Waals surface area (Å²) in [4.78, 5) is 0. The molecule has 0 spiro atoms. The predicted molar refractivity (Wildman–Crippen MR) is 58.9 cm³/mol. The number of nitrogens with zero attached hydrogens (tertiary/aromatic N) is 3.